The van der Waals surface area contributed by atoms with E-state index in [-0.39, 0.29) is 98.1 Å². The molecule has 0 aliphatic heterocycles. The zero-order chi connectivity index (χ0) is 57.3. The van der Waals surface area contributed by atoms with Crippen LogP contribution in [0.3, 0.4) is 0 Å². The van der Waals surface area contributed by atoms with Crippen LogP contribution in [0.1, 0.15) is 296 Å². The summed E-state index contributed by atoms with van der Waals surface area (Å²) in [5.41, 5.74) is 5.66. The van der Waals surface area contributed by atoms with Crippen molar-refractivity contribution >= 4 is 0 Å². The molecular formula is C82H125Y3-3. The molecule has 0 atom stereocenters. The first kappa shape index (κ1) is 76.2. The largest absolute Gasteiger partial charge is 0.328 e. The second-order valence-corrected chi connectivity index (χ2v) is 30.2. The van der Waals surface area contributed by atoms with Crippen LogP contribution in [-0.4, -0.2) is 0 Å². The molecule has 3 heteroatoms. The van der Waals surface area contributed by atoms with Crippen molar-refractivity contribution in [2.45, 2.75) is 285 Å². The van der Waals surface area contributed by atoms with E-state index < -0.39 is 0 Å². The number of allylic oxidation sites excluding steroid dienone is 3. The third-order valence-corrected chi connectivity index (χ3v) is 24.3. The normalized spacial score (nSPS) is 34.3. The molecule has 3 radical (unpaired) electrons. The van der Waals surface area contributed by atoms with E-state index >= 15 is 0 Å². The molecule has 3 aromatic rings. The summed E-state index contributed by atoms with van der Waals surface area (Å²) in [6, 6.07) is 32.3. The van der Waals surface area contributed by atoms with Gasteiger partial charge in [-0.3, -0.25) is 0 Å². The summed E-state index contributed by atoms with van der Waals surface area (Å²) in [7, 11) is 0. The summed E-state index contributed by atoms with van der Waals surface area (Å²) in [6.45, 7) is 18.2. The molecule has 9 aliphatic carbocycles. The molecule has 0 amide bonds. The summed E-state index contributed by atoms with van der Waals surface area (Å²) < 4.78 is 0. The summed E-state index contributed by atoms with van der Waals surface area (Å²) >= 11 is 0. The molecule has 0 bridgehead atoms. The molecule has 9 saturated carbocycles. The molecular weight excluding hydrogens is 1250 g/mol. The van der Waals surface area contributed by atoms with Crippen molar-refractivity contribution in [2.24, 2.45) is 88.8 Å². The number of hydrogen-bond acceptors (Lipinski definition) is 0. The number of benzene rings is 3. The van der Waals surface area contributed by atoms with Gasteiger partial charge in [0.25, 0.3) is 0 Å². The summed E-state index contributed by atoms with van der Waals surface area (Å²) in [5, 5.41) is 0. The smallest absolute Gasteiger partial charge is 0 e. The Hall–Kier alpha value is 0.452. The fraction of sp³-hybridized carbons (Fsp3) is 0.720. The third kappa shape index (κ3) is 26.4. The monoisotopic (exact) mass is 1380 g/mol. The second kappa shape index (κ2) is 42.6. The molecule has 0 nitrogen and oxygen atoms in total. The van der Waals surface area contributed by atoms with Gasteiger partial charge in [-0.2, -0.15) is 79.1 Å². The fourth-order valence-electron chi connectivity index (χ4n) is 18.1. The molecule has 0 aromatic heterocycles. The standard InChI is InChI=1S/C19H27.C19H21.C16H28.C15H26.C13H23.3Y/c2*1-15-7-9-17(10-8-15)19-13-11-18(12-14-19)16-5-3-2-4-6-16;1-3-4-14-7-11-16(12-8-14)15-9-5-13(2)6-10-15;1-3-13-6-10-15(11-7-13)14-8-4-12(2)5-9-14;1-11-7-9-13(10-8-11)12-5-3-2-4-6-12;;;/h3-6,15,17-19H,7-14H2,1H3;3-6,11-15,17H,7-10H2,1H3;3-4,13-16H,5-12H2,1-2H3;3,12-15H,1,4-11H2,2H3;2,11-13H,3-10H2,1H3;;;/q2*-1;;;-1;;;/b;;4-3+;;;;;. The Bertz CT molecular complexity index is 2110. The quantitative estimate of drug-likeness (QED) is 0.148. The van der Waals surface area contributed by atoms with Gasteiger partial charge in [0.2, 0.25) is 0 Å². The predicted octanol–water partition coefficient (Wildman–Crippen LogP) is 25.2. The van der Waals surface area contributed by atoms with E-state index in [0.29, 0.717) is 0 Å². The van der Waals surface area contributed by atoms with Crippen molar-refractivity contribution in [3.63, 3.8) is 0 Å². The second-order valence-electron chi connectivity index (χ2n) is 30.2. The first-order chi connectivity index (χ1) is 40.1. The van der Waals surface area contributed by atoms with Crippen LogP contribution >= 0.6 is 0 Å². The topological polar surface area (TPSA) is 0 Å². The average Bonchev–Trinajstić information content (AvgIpc) is 3.56. The minimum atomic E-state index is 0. The molecule has 9 aliphatic rings. The molecule has 465 valence electrons. The number of rotatable bonds is 9. The molecule has 0 N–H and O–H groups in total. The maximum atomic E-state index is 3.93. The van der Waals surface area contributed by atoms with Gasteiger partial charge in [0, 0.05) is 98.1 Å². The molecule has 0 spiro atoms. The van der Waals surface area contributed by atoms with Gasteiger partial charge in [-0.15, -0.1) is 12.1 Å². The maximum Gasteiger partial charge on any atom is 0 e. The van der Waals surface area contributed by atoms with Crippen molar-refractivity contribution in [3.05, 3.63) is 127 Å². The van der Waals surface area contributed by atoms with Crippen LogP contribution < -0.4 is 0 Å². The zero-order valence-corrected chi connectivity index (χ0v) is 64.5. The van der Waals surface area contributed by atoms with Gasteiger partial charge in [0.15, 0.2) is 0 Å². The van der Waals surface area contributed by atoms with Crippen LogP contribution in [0.25, 0.3) is 11.1 Å². The van der Waals surface area contributed by atoms with Gasteiger partial charge in [-0.25, -0.2) is 0 Å². The molecule has 3 aromatic carbocycles. The van der Waals surface area contributed by atoms with Gasteiger partial charge in [0.05, 0.1) is 0 Å². The van der Waals surface area contributed by atoms with Crippen LogP contribution in [0.15, 0.2) is 97.6 Å². The van der Waals surface area contributed by atoms with Gasteiger partial charge in [-0.1, -0.05) is 154 Å². The van der Waals surface area contributed by atoms with Crippen LogP contribution in [0.2, 0.25) is 0 Å². The summed E-state index contributed by atoms with van der Waals surface area (Å²) in [5.74, 6) is 16.9. The van der Waals surface area contributed by atoms with Crippen LogP contribution in [0, 0.1) is 107 Å². The Balaban J connectivity index is 0.000000194. The SMILES string of the molecule is C/C=C/C1CCC(C2CCC(C)CC2)CC1.C=CC1CCC(C2CCC(C)CC2)CC1.CC1CCC(C2CCC(c3cc[c-]cc3)CC2)CC1.CC1CCC(C2CC[CH-]CC2)CC1.CC1CCC(c2ccc(-c3cc[c-]cc3)cc2)CC1.[Y].[Y].[Y]. The van der Waals surface area contributed by atoms with Gasteiger partial charge in [-0.05, 0) is 260 Å². The van der Waals surface area contributed by atoms with Crippen LogP contribution in [-0.2, 0) is 98.1 Å². The molecule has 85 heavy (non-hydrogen) atoms. The van der Waals surface area contributed by atoms with E-state index in [4.69, 9.17) is 0 Å². The van der Waals surface area contributed by atoms with Crippen molar-refractivity contribution in [1.29, 1.82) is 0 Å². The van der Waals surface area contributed by atoms with Crippen LogP contribution in [0.5, 0.6) is 0 Å². The maximum absolute atomic E-state index is 3.93. The molecule has 0 saturated heterocycles. The Labute approximate surface area is 603 Å². The van der Waals surface area contributed by atoms with E-state index in [9.17, 15) is 0 Å². The zero-order valence-electron chi connectivity index (χ0n) is 55.9. The van der Waals surface area contributed by atoms with Crippen molar-refractivity contribution < 1.29 is 98.1 Å². The van der Waals surface area contributed by atoms with E-state index in [2.05, 4.69) is 146 Å². The Morgan fingerprint density at radius 1 is 0.329 bits per heavy atom. The molecule has 9 fully saturated rings. The third-order valence-electron chi connectivity index (χ3n) is 24.3. The van der Waals surface area contributed by atoms with Crippen molar-refractivity contribution in [1.82, 2.24) is 0 Å². The van der Waals surface area contributed by atoms with E-state index in [1.165, 1.54) is 248 Å². The Morgan fingerprint density at radius 3 is 0.953 bits per heavy atom. The van der Waals surface area contributed by atoms with Gasteiger partial charge >= 0.3 is 0 Å². The summed E-state index contributed by atoms with van der Waals surface area (Å²) in [6.07, 6.45) is 62.3. The fourth-order valence-corrected chi connectivity index (χ4v) is 18.1. The predicted molar refractivity (Wildman–Crippen MR) is 358 cm³/mol. The van der Waals surface area contributed by atoms with E-state index in [1.807, 2.05) is 12.1 Å². The van der Waals surface area contributed by atoms with Gasteiger partial charge in [0.1, 0.15) is 0 Å². The first-order valence-corrected chi connectivity index (χ1v) is 36.2. The average molecular weight is 1380 g/mol. The molecule has 12 rings (SSSR count). The minimum Gasteiger partial charge on any atom is -0.328 e. The summed E-state index contributed by atoms with van der Waals surface area (Å²) in [4.78, 5) is 0. The minimum absolute atomic E-state index is 0. The Morgan fingerprint density at radius 2 is 0.600 bits per heavy atom. The Kier molecular flexibility index (Phi) is 38.2. The van der Waals surface area contributed by atoms with Crippen molar-refractivity contribution in [3.8, 4) is 11.1 Å². The van der Waals surface area contributed by atoms with E-state index in [1.54, 1.807) is 5.56 Å². The molecule has 0 heterocycles. The van der Waals surface area contributed by atoms with Gasteiger partial charge < -0.3 is 6.42 Å². The van der Waals surface area contributed by atoms with Crippen molar-refractivity contribution in [2.75, 3.05) is 0 Å². The first-order valence-electron chi connectivity index (χ1n) is 36.2. The molecule has 0 unspecified atom stereocenters. The van der Waals surface area contributed by atoms with E-state index in [0.717, 1.165) is 101 Å². The van der Waals surface area contributed by atoms with Crippen LogP contribution in [0.4, 0.5) is 0 Å². The number of hydrogen-bond donors (Lipinski definition) is 0.